The van der Waals surface area contributed by atoms with Crippen LogP contribution in [0.2, 0.25) is 0 Å². The van der Waals surface area contributed by atoms with Crippen molar-refractivity contribution in [1.82, 2.24) is 0 Å². The molecule has 0 amide bonds. The SMILES string of the molecule is CC/C=C\C[C@@H](O)/C=C/C=C\C=C\C=C\[C@@H](O)[C@@H](O)C/C=C\CCC.CC/C=C\C[C@@H](O)/C=C/C=C\C=C\C=C\[C@@H](O)[C@@H](O)C/C=C\CCC(=O)O.N[C@@H](CCCC[NH3+])C(=O)[O-].N[C@@H](CCCC[NH3+])C(=O)[O-].[Mg+2]. The summed E-state index contributed by atoms with van der Waals surface area (Å²) in [4.78, 5) is 30.4. The van der Waals surface area contributed by atoms with Gasteiger partial charge in [0.1, 0.15) is 0 Å². The van der Waals surface area contributed by atoms with Crippen LogP contribution in [-0.4, -0.2) is 139 Å². The molecule has 0 radical (unpaired) electrons. The van der Waals surface area contributed by atoms with Crippen molar-refractivity contribution in [2.75, 3.05) is 13.1 Å². The molecule has 8 atom stereocenters. The van der Waals surface area contributed by atoms with E-state index in [0.29, 0.717) is 38.5 Å². The van der Waals surface area contributed by atoms with E-state index in [9.17, 15) is 55.2 Å². The van der Waals surface area contributed by atoms with Crippen LogP contribution in [0.25, 0.3) is 0 Å². The van der Waals surface area contributed by atoms with Gasteiger partial charge < -0.3 is 78.5 Å². The molecule has 0 aliphatic carbocycles. The summed E-state index contributed by atoms with van der Waals surface area (Å²) >= 11 is 0. The van der Waals surface area contributed by atoms with Gasteiger partial charge in [-0.1, -0.05) is 173 Å². The first-order valence-electron chi connectivity index (χ1n) is 25.2. The smallest absolute Gasteiger partial charge is 0.548 e. The molecule has 0 aromatic rings. The van der Waals surface area contributed by atoms with Crippen LogP contribution in [0, 0.1) is 0 Å². The number of aliphatic hydroxyl groups excluding tert-OH is 6. The molecule has 0 saturated carbocycles. The summed E-state index contributed by atoms with van der Waals surface area (Å²) in [5.41, 5.74) is 17.6. The van der Waals surface area contributed by atoms with E-state index in [1.54, 1.807) is 85.1 Å². The number of allylic oxidation sites excluding steroid dienone is 16. The summed E-state index contributed by atoms with van der Waals surface area (Å²) in [6.45, 7) is 7.87. The van der Waals surface area contributed by atoms with Gasteiger partial charge in [0.05, 0.1) is 61.7 Å². The molecule has 16 nitrogen and oxygen atoms in total. The van der Waals surface area contributed by atoms with Gasteiger partial charge in [0, 0.05) is 18.5 Å². The molecule has 0 unspecified atom stereocenters. The van der Waals surface area contributed by atoms with Gasteiger partial charge in [-0.15, -0.1) is 0 Å². The van der Waals surface area contributed by atoms with Gasteiger partial charge >= 0.3 is 29.0 Å². The molecule has 0 aromatic heterocycles. The molecule has 0 aromatic carbocycles. The molecule has 0 rings (SSSR count). The number of rotatable bonds is 37. The zero-order valence-corrected chi connectivity index (χ0v) is 45.6. The number of carbonyl (C=O) groups is 3. The van der Waals surface area contributed by atoms with Crippen molar-refractivity contribution in [3.8, 4) is 0 Å². The normalized spacial score (nSPS) is 15.6. The third kappa shape index (κ3) is 63.7. The number of carbonyl (C=O) groups excluding carboxylic acids is 2. The summed E-state index contributed by atoms with van der Waals surface area (Å²) in [5, 5.41) is 87.1. The van der Waals surface area contributed by atoms with Crippen LogP contribution in [0.15, 0.2) is 146 Å². The first-order valence-corrected chi connectivity index (χ1v) is 25.2. The Labute approximate surface area is 453 Å². The van der Waals surface area contributed by atoms with Crippen LogP contribution in [0.1, 0.15) is 124 Å². The Morgan fingerprint density at radius 1 is 0.479 bits per heavy atom. The second-order valence-electron chi connectivity index (χ2n) is 16.2. The van der Waals surface area contributed by atoms with Crippen LogP contribution in [0.3, 0.4) is 0 Å². The fourth-order valence-electron chi connectivity index (χ4n) is 5.15. The van der Waals surface area contributed by atoms with E-state index in [0.717, 1.165) is 64.5 Å². The minimum absolute atomic E-state index is 0. The molecule has 0 heterocycles. The van der Waals surface area contributed by atoms with Crippen LogP contribution in [-0.2, 0) is 14.4 Å². The molecule has 0 fully saturated rings. The first-order chi connectivity index (χ1) is 34.4. The van der Waals surface area contributed by atoms with Crippen molar-refractivity contribution < 1.29 is 71.8 Å². The number of aliphatic carboxylic acids is 3. The fourth-order valence-corrected chi connectivity index (χ4v) is 5.15. The van der Waals surface area contributed by atoms with Gasteiger partial charge in [0.15, 0.2) is 0 Å². The van der Waals surface area contributed by atoms with Gasteiger partial charge in [-0.2, -0.15) is 0 Å². The standard InChI is InChI=1S/C22H32O5.C22H34O3.2C6H14N2O2.Mg/c1-2-3-9-14-19(23)15-10-6-4-5-7-11-16-20(24)21(25)17-12-8-13-18-22(26)27;1-3-5-7-14-18-21(24)22(25)19-15-11-9-8-10-13-17-20(23)16-12-6-4-2;2*7-4-2-1-3-5(8)6(9)10;/h3-12,15-16,19-21,23-25H,2,13-14,17-18H2,1H3,(H,26,27);6-15,17,19-25H,3-5,16,18H2,1-2H3;2*5H,1-4,7-8H2,(H,9,10);/q;;;;+2/b6-4-,7-5+,9-3-,12-8-,15-10+,16-11+;10-8-,11-9+,12-6-,14-7-,17-13+,19-15+;;;/t19-,20-,21+;20-,21+,22-;2*5-;/m1100./s1. The van der Waals surface area contributed by atoms with E-state index in [4.69, 9.17) is 16.6 Å². The van der Waals surface area contributed by atoms with E-state index >= 15 is 0 Å². The van der Waals surface area contributed by atoms with E-state index < -0.39 is 66.6 Å². The maximum atomic E-state index is 10.4. The molecule has 0 saturated heterocycles. The summed E-state index contributed by atoms with van der Waals surface area (Å²) in [7, 11) is 0. The molecule has 0 spiro atoms. The van der Waals surface area contributed by atoms with Gasteiger partial charge in [-0.3, -0.25) is 4.79 Å². The van der Waals surface area contributed by atoms with Crippen molar-refractivity contribution in [3.05, 3.63) is 146 Å². The predicted octanol–water partition coefficient (Wildman–Crippen LogP) is 2.43. The fraction of sp³-hybridized carbons (Fsp3) is 0.518. The number of aliphatic hydroxyl groups is 6. The van der Waals surface area contributed by atoms with Gasteiger partial charge in [0.2, 0.25) is 0 Å². The van der Waals surface area contributed by atoms with Crippen LogP contribution >= 0.6 is 0 Å². The molecule has 0 aliphatic heterocycles. The van der Waals surface area contributed by atoms with Crippen LogP contribution < -0.4 is 33.1 Å². The second-order valence-corrected chi connectivity index (χ2v) is 16.2. The maximum Gasteiger partial charge on any atom is 2.00 e. The number of hydrogen-bond acceptors (Lipinski definition) is 13. The number of carboxylic acids is 3. The number of hydrogen-bond donors (Lipinski definition) is 11. The quantitative estimate of drug-likeness (QED) is 0.0184. The maximum absolute atomic E-state index is 10.4. The summed E-state index contributed by atoms with van der Waals surface area (Å²) in [6.07, 6.45) is 49.5. The molecular formula is C56H94MgN4O12+2. The van der Waals surface area contributed by atoms with Crippen molar-refractivity contribution in [3.63, 3.8) is 0 Å². The van der Waals surface area contributed by atoms with Gasteiger partial charge in [-0.05, 0) is 89.9 Å². The number of quaternary nitrogens is 2. The first kappa shape index (κ1) is 77.6. The average molecular weight is 1040 g/mol. The minimum Gasteiger partial charge on any atom is -0.548 e. The second kappa shape index (κ2) is 60.2. The molecule has 17 N–H and O–H groups in total. The third-order valence-corrected chi connectivity index (χ3v) is 9.45. The van der Waals surface area contributed by atoms with E-state index in [-0.39, 0.29) is 35.9 Å². The Morgan fingerprint density at radius 3 is 1.12 bits per heavy atom. The molecule has 0 aliphatic rings. The third-order valence-electron chi connectivity index (χ3n) is 9.45. The Balaban J connectivity index is -0.000000306. The largest absolute Gasteiger partial charge is 2.00 e. The summed E-state index contributed by atoms with van der Waals surface area (Å²) in [6, 6.07) is -1.60. The molecule has 73 heavy (non-hydrogen) atoms. The Kier molecular flexibility index (Phi) is 64.0. The van der Waals surface area contributed by atoms with Crippen LogP contribution in [0.4, 0.5) is 0 Å². The van der Waals surface area contributed by atoms with Crippen molar-refractivity contribution in [2.24, 2.45) is 11.5 Å². The number of carboxylic acid groups (broad SMARTS) is 3. The van der Waals surface area contributed by atoms with E-state index in [2.05, 4.69) is 25.3 Å². The molecule has 17 heteroatoms. The molecule has 410 valence electrons. The molecule has 0 bridgehead atoms. The van der Waals surface area contributed by atoms with Gasteiger partial charge in [-0.25, -0.2) is 0 Å². The zero-order valence-electron chi connectivity index (χ0n) is 44.2. The van der Waals surface area contributed by atoms with Crippen LogP contribution in [0.5, 0.6) is 0 Å². The van der Waals surface area contributed by atoms with Gasteiger partial charge in [0.25, 0.3) is 0 Å². The Bertz CT molecular complexity index is 1650. The summed E-state index contributed by atoms with van der Waals surface area (Å²) in [5.74, 6) is -3.19. The van der Waals surface area contributed by atoms with Crippen molar-refractivity contribution in [2.45, 2.75) is 172 Å². The number of unbranched alkanes of at least 4 members (excludes halogenated alkanes) is 3. The average Bonchev–Trinajstić information content (AvgIpc) is 3.34. The minimum atomic E-state index is -1.16. The van der Waals surface area contributed by atoms with Crippen molar-refractivity contribution >= 4 is 41.0 Å². The predicted molar refractivity (Wildman–Crippen MR) is 291 cm³/mol. The number of nitrogens with two attached hydrogens (primary N) is 2. The zero-order chi connectivity index (χ0) is 55.0. The Hall–Kier alpha value is -4.34. The van der Waals surface area contributed by atoms with Crippen molar-refractivity contribution in [1.29, 1.82) is 0 Å². The summed E-state index contributed by atoms with van der Waals surface area (Å²) < 4.78 is 0. The van der Waals surface area contributed by atoms with E-state index in [1.165, 1.54) is 6.08 Å². The molecular weight excluding hydrogens is 945 g/mol. The van der Waals surface area contributed by atoms with E-state index in [1.807, 2.05) is 61.6 Å². The Morgan fingerprint density at radius 2 is 0.808 bits per heavy atom. The topological polar surface area (TPSA) is 346 Å². The monoisotopic (exact) mass is 1040 g/mol.